The molecule has 0 saturated carbocycles. The Labute approximate surface area is 217 Å². The first kappa shape index (κ1) is 28.2. The Kier molecular flexibility index (Phi) is 6.77. The van der Waals surface area contributed by atoms with Gasteiger partial charge >= 0.3 is 217 Å². The number of hydrogen-bond donors (Lipinski definition) is 0. The SMILES string of the molecule is CCCC1C(=O)P2(CCCP34(C(=O)C(CCC)C3=O)C(=O)C(CCC)C4=O)(C1=O)C(=O)C(CCC)C2=O. The fourth-order valence-corrected chi connectivity index (χ4v) is 20.8. The van der Waals surface area contributed by atoms with Crippen molar-refractivity contribution in [1.29, 1.82) is 0 Å². The maximum atomic E-state index is 13.5. The molecule has 0 aromatic carbocycles. The van der Waals surface area contributed by atoms with Crippen LogP contribution in [0.3, 0.4) is 0 Å². The molecule has 0 aromatic rings. The van der Waals surface area contributed by atoms with Crippen molar-refractivity contribution in [3.05, 3.63) is 0 Å². The first-order valence-corrected chi connectivity index (χ1v) is 18.7. The van der Waals surface area contributed by atoms with E-state index >= 15 is 0 Å². The molecule has 0 atom stereocenters. The van der Waals surface area contributed by atoms with E-state index in [0.717, 1.165) is 0 Å². The molecule has 4 saturated heterocycles. The number of carbonyl (C=O) groups excluding carboxylic acids is 8. The van der Waals surface area contributed by atoms with Crippen LogP contribution in [0.2, 0.25) is 0 Å². The molecule has 0 radical (unpaired) electrons. The number of hydrogen-bond acceptors (Lipinski definition) is 8. The number of carbonyl (C=O) groups is 8. The molecule has 4 fully saturated rings. The second-order valence-electron chi connectivity index (χ2n) is 11.5. The van der Waals surface area contributed by atoms with E-state index in [0.29, 0.717) is 25.7 Å². The zero-order valence-electron chi connectivity index (χ0n) is 22.2. The van der Waals surface area contributed by atoms with Crippen molar-refractivity contribution in [2.24, 2.45) is 23.7 Å². The zero-order valence-corrected chi connectivity index (χ0v) is 24.0. The fraction of sp³-hybridized carbons (Fsp3) is 0.704. The van der Waals surface area contributed by atoms with E-state index < -0.39 is 81.1 Å². The molecule has 4 rings (SSSR count). The fourth-order valence-electron chi connectivity index (χ4n) is 7.94. The van der Waals surface area contributed by atoms with Gasteiger partial charge < -0.3 is 0 Å². The summed E-state index contributed by atoms with van der Waals surface area (Å²) < 4.78 is 0. The van der Waals surface area contributed by atoms with E-state index in [1.165, 1.54) is 0 Å². The molecule has 8 nitrogen and oxygen atoms in total. The van der Waals surface area contributed by atoms with E-state index in [9.17, 15) is 38.4 Å². The summed E-state index contributed by atoms with van der Waals surface area (Å²) in [5.41, 5.74) is -4.35. The minimum absolute atomic E-state index is 0.158. The monoisotopic (exact) mass is 552 g/mol. The molecule has 0 aromatic heterocycles. The predicted octanol–water partition coefficient (Wildman–Crippen LogP) is 4.42. The van der Waals surface area contributed by atoms with Crippen LogP contribution in [0.15, 0.2) is 0 Å². The standard InChI is InChI=1S/C27H38O8P2/c1-5-10-16-20(28)36(21(16)29,22(30)17(11-6-2)23(36)31)14-9-15-37(24(32)18(12-7-3)25(37)33)26(34)19(13-8-4)27(37)35/h16-19H,5-15H2,1-4H3. The van der Waals surface area contributed by atoms with E-state index in [1.807, 2.05) is 27.7 Å². The summed E-state index contributed by atoms with van der Waals surface area (Å²) in [6.45, 7) is -2.14. The molecule has 0 aliphatic carbocycles. The molecule has 4 aliphatic rings. The van der Waals surface area contributed by atoms with Crippen molar-refractivity contribution < 1.29 is 38.4 Å². The summed E-state index contributed by atoms with van der Waals surface area (Å²) in [6.07, 6.45) is 2.51. The molecule has 4 aliphatic heterocycles. The van der Waals surface area contributed by atoms with Crippen LogP contribution in [-0.4, -0.2) is 56.5 Å². The predicted molar refractivity (Wildman–Crippen MR) is 142 cm³/mol. The Hall–Kier alpha value is -1.78. The van der Waals surface area contributed by atoms with Crippen molar-refractivity contribution in [1.82, 2.24) is 0 Å². The molecule has 2 spiro atoms. The van der Waals surface area contributed by atoms with Crippen LogP contribution in [0.1, 0.15) is 85.5 Å². The van der Waals surface area contributed by atoms with Gasteiger partial charge in [-0.15, -0.1) is 0 Å². The molecule has 0 bridgehead atoms. The second-order valence-corrected chi connectivity index (χ2v) is 21.1. The van der Waals surface area contributed by atoms with Gasteiger partial charge in [0, 0.05) is 0 Å². The quantitative estimate of drug-likeness (QED) is 0.256. The Bertz CT molecular complexity index is 930. The van der Waals surface area contributed by atoms with Gasteiger partial charge in [0.25, 0.3) is 0 Å². The van der Waals surface area contributed by atoms with Crippen LogP contribution in [-0.2, 0) is 38.4 Å². The van der Waals surface area contributed by atoms with Gasteiger partial charge in [-0.25, -0.2) is 0 Å². The third-order valence-electron chi connectivity index (χ3n) is 9.80. The topological polar surface area (TPSA) is 137 Å². The van der Waals surface area contributed by atoms with Gasteiger partial charge in [-0.1, -0.05) is 0 Å². The molecular formula is C27H38O8P2. The molecular weight excluding hydrogens is 514 g/mol. The average molecular weight is 553 g/mol. The van der Waals surface area contributed by atoms with Gasteiger partial charge in [0.2, 0.25) is 0 Å². The van der Waals surface area contributed by atoms with Gasteiger partial charge in [0.1, 0.15) is 0 Å². The summed E-state index contributed by atoms with van der Waals surface area (Å²) in [5, 5.41) is 0. The van der Waals surface area contributed by atoms with E-state index in [1.54, 1.807) is 0 Å². The van der Waals surface area contributed by atoms with Crippen LogP contribution in [0.5, 0.6) is 0 Å². The average Bonchev–Trinajstić information content (AvgIpc) is 2.91. The third-order valence-corrected chi connectivity index (χ3v) is 22.5. The van der Waals surface area contributed by atoms with Gasteiger partial charge in [-0.2, -0.15) is 0 Å². The van der Waals surface area contributed by atoms with Crippen molar-refractivity contribution in [3.8, 4) is 0 Å². The Morgan fingerprint density at radius 3 is 0.757 bits per heavy atom. The van der Waals surface area contributed by atoms with E-state index in [-0.39, 0.29) is 44.4 Å². The zero-order chi connectivity index (χ0) is 27.6. The van der Waals surface area contributed by atoms with Crippen LogP contribution in [0.25, 0.3) is 0 Å². The first-order valence-electron chi connectivity index (χ1n) is 13.8. The third kappa shape index (κ3) is 2.63. The molecule has 10 heteroatoms. The van der Waals surface area contributed by atoms with Crippen LogP contribution in [0, 0.1) is 23.7 Å². The van der Waals surface area contributed by atoms with Crippen molar-refractivity contribution in [2.75, 3.05) is 12.3 Å². The first-order chi connectivity index (χ1) is 17.4. The molecule has 0 amide bonds. The molecule has 0 unspecified atom stereocenters. The second kappa shape index (κ2) is 8.88. The molecule has 4 heterocycles. The van der Waals surface area contributed by atoms with E-state index in [2.05, 4.69) is 0 Å². The Balaban J connectivity index is 1.70. The summed E-state index contributed by atoms with van der Waals surface area (Å²) in [4.78, 5) is 108. The summed E-state index contributed by atoms with van der Waals surface area (Å²) in [6, 6.07) is 0. The normalized spacial score (nSPS) is 34.6. The summed E-state index contributed by atoms with van der Waals surface area (Å²) >= 11 is 0. The van der Waals surface area contributed by atoms with E-state index in [4.69, 9.17) is 0 Å². The van der Waals surface area contributed by atoms with Crippen LogP contribution < -0.4 is 0 Å². The van der Waals surface area contributed by atoms with Gasteiger partial charge in [0.15, 0.2) is 0 Å². The number of rotatable bonds is 12. The minimum atomic E-state index is -4.70. The Morgan fingerprint density at radius 2 is 0.595 bits per heavy atom. The molecule has 37 heavy (non-hydrogen) atoms. The molecule has 204 valence electrons. The van der Waals surface area contributed by atoms with Crippen molar-refractivity contribution >= 4 is 57.4 Å². The summed E-state index contributed by atoms with van der Waals surface area (Å²) in [7, 11) is 0. The van der Waals surface area contributed by atoms with Crippen LogP contribution >= 0.6 is 13.2 Å². The Morgan fingerprint density at radius 1 is 0.405 bits per heavy atom. The van der Waals surface area contributed by atoms with Crippen molar-refractivity contribution in [3.63, 3.8) is 0 Å². The van der Waals surface area contributed by atoms with Crippen LogP contribution in [0.4, 0.5) is 0 Å². The van der Waals surface area contributed by atoms with Gasteiger partial charge in [-0.05, 0) is 0 Å². The van der Waals surface area contributed by atoms with Gasteiger partial charge in [-0.3, -0.25) is 0 Å². The maximum absolute atomic E-state index is 13.5. The molecule has 0 N–H and O–H groups in total. The van der Waals surface area contributed by atoms with Crippen molar-refractivity contribution in [2.45, 2.75) is 85.5 Å². The summed E-state index contributed by atoms with van der Waals surface area (Å²) in [5.74, 6) is -3.82. The van der Waals surface area contributed by atoms with Gasteiger partial charge in [0.05, 0.1) is 0 Å².